The van der Waals surface area contributed by atoms with Gasteiger partial charge in [-0.15, -0.1) is 0 Å². The van der Waals surface area contributed by atoms with Crippen LogP contribution in [0.25, 0.3) is 0 Å². The molecule has 0 aliphatic carbocycles. The Morgan fingerprint density at radius 3 is 1.60 bits per heavy atom. The number of aliphatic hydroxyl groups is 1. The highest BCUT2D eigenvalue weighted by atomic mass is 31.2. The molecule has 0 heterocycles. The van der Waals surface area contributed by atoms with Crippen LogP contribution >= 0.6 is 7.82 Å². The molecular formula is C43H73N2O6P. The Labute approximate surface area is 318 Å². The summed E-state index contributed by atoms with van der Waals surface area (Å²) in [6, 6.07) is -0.826. The van der Waals surface area contributed by atoms with Crippen molar-refractivity contribution in [1.82, 2.24) is 5.32 Å². The predicted molar refractivity (Wildman–Crippen MR) is 219 cm³/mol. The lowest BCUT2D eigenvalue weighted by Gasteiger charge is -2.30. The molecule has 1 amide bonds. The van der Waals surface area contributed by atoms with E-state index in [4.69, 9.17) is 9.05 Å². The number of phosphoric ester groups is 1. The SMILES string of the molecule is CC/C=C\C/C=C\C/C=C\C/C=C\C/C=C\C/C=C\C/C=C\C/C=C\CCCCC(=O)NC(COP(=O)([O-])OCC[N+](C)(C)C)C(O)CCCCC. The Hall–Kier alpha value is -2.58. The largest absolute Gasteiger partial charge is 0.756 e. The normalized spacial score (nSPS) is 15.6. The van der Waals surface area contributed by atoms with Gasteiger partial charge in [-0.25, -0.2) is 0 Å². The van der Waals surface area contributed by atoms with Crippen LogP contribution in [-0.2, 0) is 18.4 Å². The molecule has 52 heavy (non-hydrogen) atoms. The molecule has 2 N–H and O–H groups in total. The molecule has 0 spiro atoms. The smallest absolute Gasteiger partial charge is 0.268 e. The Balaban J connectivity index is 4.17. The molecular weight excluding hydrogens is 671 g/mol. The summed E-state index contributed by atoms with van der Waals surface area (Å²) in [6.07, 6.45) is 47.9. The zero-order chi connectivity index (χ0) is 38.6. The number of unbranched alkanes of at least 4 members (excludes halogenated alkanes) is 4. The lowest BCUT2D eigenvalue weighted by molar-refractivity contribution is -0.870. The number of carbonyl (C=O) groups is 1. The van der Waals surface area contributed by atoms with E-state index in [1.807, 2.05) is 21.1 Å². The van der Waals surface area contributed by atoms with Crippen molar-refractivity contribution in [3.8, 4) is 0 Å². The molecule has 0 bridgehead atoms. The maximum Gasteiger partial charge on any atom is 0.268 e. The number of allylic oxidation sites excluding steroid dienone is 16. The molecule has 0 saturated carbocycles. The fraction of sp³-hybridized carbons (Fsp3) is 0.605. The van der Waals surface area contributed by atoms with E-state index in [9.17, 15) is 19.4 Å². The monoisotopic (exact) mass is 745 g/mol. The molecule has 0 aliphatic rings. The van der Waals surface area contributed by atoms with Crippen molar-refractivity contribution in [2.24, 2.45) is 0 Å². The summed E-state index contributed by atoms with van der Waals surface area (Å²) >= 11 is 0. The van der Waals surface area contributed by atoms with E-state index in [-0.39, 0.29) is 19.1 Å². The first kappa shape index (κ1) is 49.4. The van der Waals surface area contributed by atoms with Crippen LogP contribution in [0.1, 0.15) is 117 Å². The van der Waals surface area contributed by atoms with E-state index in [0.717, 1.165) is 83.5 Å². The minimum absolute atomic E-state index is 0.00455. The average molecular weight is 745 g/mol. The second-order valence-electron chi connectivity index (χ2n) is 13.9. The highest BCUT2D eigenvalue weighted by Gasteiger charge is 2.24. The zero-order valence-corrected chi connectivity index (χ0v) is 34.1. The summed E-state index contributed by atoms with van der Waals surface area (Å²) in [4.78, 5) is 24.9. The topological polar surface area (TPSA) is 108 Å². The third-order valence-corrected chi connectivity index (χ3v) is 8.80. The van der Waals surface area contributed by atoms with Crippen molar-refractivity contribution in [3.05, 3.63) is 97.2 Å². The van der Waals surface area contributed by atoms with Gasteiger partial charge in [-0.1, -0.05) is 130 Å². The number of nitrogens with zero attached hydrogens (tertiary/aromatic N) is 1. The number of nitrogens with one attached hydrogen (secondary N) is 1. The fourth-order valence-corrected chi connectivity index (χ4v) is 5.42. The quantitative estimate of drug-likeness (QED) is 0.0300. The van der Waals surface area contributed by atoms with Gasteiger partial charge in [-0.3, -0.25) is 9.36 Å². The molecule has 0 fully saturated rings. The van der Waals surface area contributed by atoms with E-state index in [1.165, 1.54) is 0 Å². The second kappa shape index (κ2) is 34.2. The van der Waals surface area contributed by atoms with Crippen molar-refractivity contribution in [2.45, 2.75) is 129 Å². The third kappa shape index (κ3) is 35.8. The molecule has 9 heteroatoms. The minimum Gasteiger partial charge on any atom is -0.756 e. The summed E-state index contributed by atoms with van der Waals surface area (Å²) in [5.74, 6) is -0.226. The van der Waals surface area contributed by atoms with Crippen molar-refractivity contribution < 1.29 is 32.9 Å². The molecule has 0 aromatic heterocycles. The van der Waals surface area contributed by atoms with Crippen LogP contribution in [0.15, 0.2) is 97.2 Å². The summed E-state index contributed by atoms with van der Waals surface area (Å²) in [5, 5.41) is 13.5. The van der Waals surface area contributed by atoms with Crippen LogP contribution in [0.4, 0.5) is 0 Å². The van der Waals surface area contributed by atoms with Crippen molar-refractivity contribution in [2.75, 3.05) is 40.9 Å². The number of aliphatic hydroxyl groups excluding tert-OH is 1. The number of amides is 1. The first-order valence-corrected chi connectivity index (χ1v) is 21.0. The standard InChI is InChI=1S/C43H73N2O6P/c1-6-8-10-11-12-13-14-15-16-17-18-19-20-21-22-23-24-25-26-27-28-29-30-31-32-33-35-37-43(47)44-41(42(46)36-34-9-7-2)40-51-52(48,49)50-39-38-45(3,4)5/h8,10,12-13,15-16,18-19,21-22,24-25,27-28,30-31,41-42,46H,6-7,9,11,14,17,20,23,26,29,32-40H2,1-5H3,(H-,44,47,48,49)/b10-8-,13-12-,16-15-,19-18-,22-21-,25-24-,28-27-,31-30-. The molecule has 0 saturated heterocycles. The number of quaternary nitrogens is 1. The lowest BCUT2D eigenvalue weighted by atomic mass is 10.0. The summed E-state index contributed by atoms with van der Waals surface area (Å²) < 4.78 is 22.8. The number of hydrogen-bond donors (Lipinski definition) is 2. The Kier molecular flexibility index (Phi) is 32.5. The molecule has 0 rings (SSSR count). The fourth-order valence-electron chi connectivity index (χ4n) is 4.70. The highest BCUT2D eigenvalue weighted by Crippen LogP contribution is 2.38. The first-order chi connectivity index (χ1) is 25.0. The second-order valence-corrected chi connectivity index (χ2v) is 15.3. The maximum atomic E-state index is 12.6. The number of hydrogen-bond acceptors (Lipinski definition) is 6. The van der Waals surface area contributed by atoms with E-state index < -0.39 is 20.0 Å². The molecule has 0 aliphatic heterocycles. The summed E-state index contributed by atoms with van der Waals surface area (Å²) in [7, 11) is 1.24. The van der Waals surface area contributed by atoms with Gasteiger partial charge in [0.25, 0.3) is 7.82 Å². The number of carbonyl (C=O) groups excluding carboxylic acids is 1. The van der Waals surface area contributed by atoms with Gasteiger partial charge in [0.1, 0.15) is 13.2 Å². The van der Waals surface area contributed by atoms with E-state index in [1.54, 1.807) is 0 Å². The Bertz CT molecular complexity index is 1160. The Morgan fingerprint density at radius 2 is 1.15 bits per heavy atom. The molecule has 0 radical (unpaired) electrons. The van der Waals surface area contributed by atoms with Crippen LogP contribution in [0.3, 0.4) is 0 Å². The van der Waals surface area contributed by atoms with Crippen LogP contribution in [-0.4, -0.2) is 68.5 Å². The van der Waals surface area contributed by atoms with E-state index in [0.29, 0.717) is 30.3 Å². The average Bonchev–Trinajstić information content (AvgIpc) is 3.09. The summed E-state index contributed by atoms with van der Waals surface area (Å²) in [6.45, 7) is 4.35. The minimum atomic E-state index is -4.56. The number of phosphoric acid groups is 1. The van der Waals surface area contributed by atoms with Crippen molar-refractivity contribution >= 4 is 13.7 Å². The van der Waals surface area contributed by atoms with Gasteiger partial charge in [-0.2, -0.15) is 0 Å². The molecule has 3 atom stereocenters. The molecule has 8 nitrogen and oxygen atoms in total. The van der Waals surface area contributed by atoms with Gasteiger partial charge in [-0.05, 0) is 77.0 Å². The van der Waals surface area contributed by atoms with Crippen molar-refractivity contribution in [1.29, 1.82) is 0 Å². The highest BCUT2D eigenvalue weighted by molar-refractivity contribution is 7.45. The van der Waals surface area contributed by atoms with Gasteiger partial charge in [0, 0.05) is 6.42 Å². The van der Waals surface area contributed by atoms with Crippen LogP contribution in [0.5, 0.6) is 0 Å². The Morgan fingerprint density at radius 1 is 0.692 bits per heavy atom. The number of rotatable bonds is 33. The molecule has 3 unspecified atom stereocenters. The van der Waals surface area contributed by atoms with E-state index >= 15 is 0 Å². The number of likely N-dealkylation sites (N-methyl/N-ethyl adjacent to an activating group) is 1. The third-order valence-electron chi connectivity index (χ3n) is 7.84. The molecule has 296 valence electrons. The predicted octanol–water partition coefficient (Wildman–Crippen LogP) is 9.77. The van der Waals surface area contributed by atoms with Crippen LogP contribution in [0, 0.1) is 0 Å². The lowest BCUT2D eigenvalue weighted by Crippen LogP contribution is -2.46. The van der Waals surface area contributed by atoms with Gasteiger partial charge < -0.3 is 28.8 Å². The molecule has 0 aromatic carbocycles. The van der Waals surface area contributed by atoms with Crippen LogP contribution in [0.2, 0.25) is 0 Å². The van der Waals surface area contributed by atoms with Gasteiger partial charge in [0.2, 0.25) is 5.91 Å². The van der Waals surface area contributed by atoms with Crippen molar-refractivity contribution in [3.63, 3.8) is 0 Å². The zero-order valence-electron chi connectivity index (χ0n) is 33.2. The maximum absolute atomic E-state index is 12.6. The van der Waals surface area contributed by atoms with Crippen LogP contribution < -0.4 is 10.2 Å². The summed E-state index contributed by atoms with van der Waals surface area (Å²) in [5.41, 5.74) is 0. The molecule has 0 aromatic rings. The van der Waals surface area contributed by atoms with Gasteiger partial charge in [0.15, 0.2) is 0 Å². The first-order valence-electron chi connectivity index (χ1n) is 19.6. The van der Waals surface area contributed by atoms with Gasteiger partial charge >= 0.3 is 0 Å². The van der Waals surface area contributed by atoms with Gasteiger partial charge in [0.05, 0.1) is 39.9 Å². The van der Waals surface area contributed by atoms with E-state index in [2.05, 4.69) is 116 Å².